The number of rotatable bonds is 10. The Balaban J connectivity index is 2.01. The molecule has 0 spiro atoms. The van der Waals surface area contributed by atoms with Crippen LogP contribution in [0.15, 0.2) is 6.20 Å². The number of methoxy groups -OCH3 is 1. The minimum atomic E-state index is -2.09. The number of ketones is 2. The van der Waals surface area contributed by atoms with Crippen molar-refractivity contribution in [2.75, 3.05) is 20.7 Å². The van der Waals surface area contributed by atoms with Gasteiger partial charge in [0.25, 0.3) is 7.98 Å². The van der Waals surface area contributed by atoms with Gasteiger partial charge < -0.3 is 43.8 Å². The number of hydrogen-bond acceptors (Lipinski definition) is 15. The van der Waals surface area contributed by atoms with Gasteiger partial charge in [0.2, 0.25) is 6.41 Å². The van der Waals surface area contributed by atoms with Crippen molar-refractivity contribution in [1.82, 2.24) is 24.8 Å². The molecule has 2 saturated heterocycles. The molecule has 16 nitrogen and oxygen atoms in total. The average Bonchev–Trinajstić information content (AvgIpc) is 3.51. The molecule has 0 amide bonds. The van der Waals surface area contributed by atoms with Gasteiger partial charge in [0.1, 0.15) is 23.9 Å². The Hall–Kier alpha value is -2.35. The van der Waals surface area contributed by atoms with E-state index in [1.807, 2.05) is 18.9 Å². The van der Waals surface area contributed by atoms with Crippen molar-refractivity contribution < 1.29 is 48.7 Å². The van der Waals surface area contributed by atoms with Gasteiger partial charge in [-0.2, -0.15) is 5.01 Å². The van der Waals surface area contributed by atoms with Gasteiger partial charge in [-0.05, 0) is 47.1 Å². The van der Waals surface area contributed by atoms with Gasteiger partial charge in [0, 0.05) is 62.0 Å². The first-order chi connectivity index (χ1) is 23.8. The zero-order valence-electron chi connectivity index (χ0n) is 31.7. The molecule has 2 fully saturated rings. The molecule has 3 heterocycles. The predicted molar refractivity (Wildman–Crippen MR) is 185 cm³/mol. The van der Waals surface area contributed by atoms with Crippen LogP contribution >= 0.6 is 0 Å². The number of nitrogens with two attached hydrogens (primary N) is 1. The molecule has 2 radical (unpaired) electrons. The summed E-state index contributed by atoms with van der Waals surface area (Å²) in [5.41, 5.74) is -0.624. The molecule has 5 N–H and O–H groups in total. The number of carbonyl (C=O) groups excluding carboxylic acids is 3. The van der Waals surface area contributed by atoms with E-state index >= 15 is 0 Å². The lowest BCUT2D eigenvalue weighted by Crippen LogP contribution is -2.60. The molecule has 1 unspecified atom stereocenters. The lowest BCUT2D eigenvalue weighted by Gasteiger charge is -2.47. The third-order valence-electron chi connectivity index (χ3n) is 11.1. The quantitative estimate of drug-likeness (QED) is 0.0634. The zero-order chi connectivity index (χ0) is 38.5. The van der Waals surface area contributed by atoms with Crippen LogP contribution in [0.3, 0.4) is 0 Å². The molecule has 0 saturated carbocycles. The summed E-state index contributed by atoms with van der Waals surface area (Å²) in [5, 5.41) is 40.4. The van der Waals surface area contributed by atoms with Gasteiger partial charge in [-0.1, -0.05) is 39.8 Å². The summed E-state index contributed by atoms with van der Waals surface area (Å²) >= 11 is 0. The number of cyclic esters (lactones) is 1. The average molecular weight is 723 g/mol. The molecule has 17 heteroatoms. The van der Waals surface area contributed by atoms with Gasteiger partial charge >= 0.3 is 5.97 Å². The number of hydrazine groups is 1. The number of esters is 1. The first-order valence-electron chi connectivity index (χ1n) is 17.9. The van der Waals surface area contributed by atoms with E-state index in [1.165, 1.54) is 14.0 Å². The Bertz CT molecular complexity index is 1320. The molecule has 3 rings (SSSR count). The number of aromatic nitrogens is 3. The zero-order valence-corrected chi connectivity index (χ0v) is 31.7. The first kappa shape index (κ1) is 43.1. The van der Waals surface area contributed by atoms with Crippen LogP contribution in [0.1, 0.15) is 80.3 Å². The normalized spacial score (nSPS) is 37.9. The number of Topliss-reactive ketones (excluding diaryl/α,β-unsaturated/α-hetero) is 2. The molecule has 13 atom stereocenters. The highest BCUT2D eigenvalue weighted by Gasteiger charge is 2.50. The second kappa shape index (κ2) is 18.1. The van der Waals surface area contributed by atoms with E-state index in [9.17, 15) is 29.7 Å². The van der Waals surface area contributed by atoms with Gasteiger partial charge in [-0.25, -0.2) is 0 Å². The fraction of sp³-hybridized carbons (Fsp3) is 0.853. The molecule has 2 aliphatic rings. The highest BCUT2D eigenvalue weighted by molar-refractivity contribution is 6.05. The Kier molecular flexibility index (Phi) is 15.3. The molecular weight excluding hydrogens is 663 g/mol. The van der Waals surface area contributed by atoms with E-state index in [1.54, 1.807) is 47.7 Å². The van der Waals surface area contributed by atoms with E-state index in [2.05, 4.69) is 10.3 Å². The summed E-state index contributed by atoms with van der Waals surface area (Å²) in [5.74, 6) is 0.263. The van der Waals surface area contributed by atoms with Crippen molar-refractivity contribution in [2.24, 2.45) is 35.4 Å². The maximum Gasteiger partial charge on any atom is 0.316 e. The number of hydrogen-bond donors (Lipinski definition) is 4. The van der Waals surface area contributed by atoms with Crippen molar-refractivity contribution in [1.29, 1.82) is 0 Å². The van der Waals surface area contributed by atoms with Crippen molar-refractivity contribution in [3.05, 3.63) is 11.9 Å². The van der Waals surface area contributed by atoms with Crippen LogP contribution in [0.2, 0.25) is 0 Å². The lowest BCUT2D eigenvalue weighted by atomic mass is 9.74. The van der Waals surface area contributed by atoms with Crippen molar-refractivity contribution in [3.8, 4) is 0 Å². The van der Waals surface area contributed by atoms with Gasteiger partial charge in [0.05, 0.1) is 23.5 Å². The highest BCUT2D eigenvalue weighted by atomic mass is 16.7. The van der Waals surface area contributed by atoms with Crippen LogP contribution in [0.25, 0.3) is 0 Å². The summed E-state index contributed by atoms with van der Waals surface area (Å²) in [7, 11) is 8.96. The van der Waals surface area contributed by atoms with E-state index in [-0.39, 0.29) is 18.3 Å². The molecule has 2 aliphatic heterocycles. The molecule has 0 bridgehead atoms. The fourth-order valence-corrected chi connectivity index (χ4v) is 7.87. The molecule has 0 aromatic carbocycles. The molecule has 51 heavy (non-hydrogen) atoms. The van der Waals surface area contributed by atoms with Crippen LogP contribution in [0.5, 0.6) is 0 Å². The Morgan fingerprint density at radius 3 is 2.33 bits per heavy atom. The Morgan fingerprint density at radius 2 is 1.78 bits per heavy atom. The topological polar surface area (TPSA) is 212 Å². The van der Waals surface area contributed by atoms with Crippen molar-refractivity contribution in [2.45, 2.75) is 136 Å². The first-order valence-corrected chi connectivity index (χ1v) is 17.9. The van der Waals surface area contributed by atoms with Crippen molar-refractivity contribution >= 4 is 25.5 Å². The SMILES string of the molecule is [B]n1cc(CCN(C)[C@H]2C[C@@H](C)O[C@@H](O[C@@H]3[C@@H](C)C(=O)[C@@H](C)C(=O)OC(CC)[C@H](C)[C@H](N(N)C(O)O)[C@@H](C)C(=O)[C@H](C)C[C@]3(C)OC)[C@@H]2O)nn1. The lowest BCUT2D eigenvalue weighted by molar-refractivity contribution is -0.296. The van der Waals surface area contributed by atoms with E-state index in [4.69, 9.17) is 32.8 Å². The number of aliphatic hydroxyl groups excluding tert-OH is 2. The van der Waals surface area contributed by atoms with Crippen molar-refractivity contribution in [3.63, 3.8) is 0 Å². The molecule has 0 aliphatic carbocycles. The molecular formula is C34H59BN6O10. The number of aliphatic hydroxyl groups is 3. The van der Waals surface area contributed by atoms with E-state index in [0.717, 1.165) is 9.60 Å². The largest absolute Gasteiger partial charge is 0.462 e. The van der Waals surface area contributed by atoms with Gasteiger partial charge in [-0.15, -0.1) is 5.10 Å². The van der Waals surface area contributed by atoms with Crippen LogP contribution < -0.4 is 5.84 Å². The standard InChI is InChI=1S/C34H59BN6O10/c1-11-25-19(4)26(41(36)33(46)47)20(5)27(42)17(2)15-34(8,48-10)30(21(6)28(43)22(7)31(45)50-25)51-32-29(44)24(14-18(3)49-32)39(9)13-12-23-16-40(35)38-37-23/h16-22,24-26,29-30,32-33,44,46-47H,11-15,36H2,1-10H3/t17-,18-,19+,20-,21+,22-,24+,25?,26+,29-,30-,32+,34+/m1/s1. The third-order valence-corrected chi connectivity index (χ3v) is 11.1. The van der Waals surface area contributed by atoms with Crippen LogP contribution in [-0.4, -0.2) is 141 Å². The Labute approximate surface area is 302 Å². The second-order valence-corrected chi connectivity index (χ2v) is 14.8. The predicted octanol–water partition coefficient (Wildman–Crippen LogP) is 0.195. The van der Waals surface area contributed by atoms with Gasteiger partial charge in [0.15, 0.2) is 12.1 Å². The summed E-state index contributed by atoms with van der Waals surface area (Å²) in [4.78, 5) is 43.8. The van der Waals surface area contributed by atoms with Gasteiger partial charge in [-0.3, -0.25) is 20.2 Å². The smallest absolute Gasteiger partial charge is 0.316 e. The minimum Gasteiger partial charge on any atom is -0.462 e. The summed E-state index contributed by atoms with van der Waals surface area (Å²) in [6.07, 6.45) is -3.64. The monoisotopic (exact) mass is 722 g/mol. The van der Waals surface area contributed by atoms with E-state index in [0.29, 0.717) is 31.5 Å². The number of likely N-dealkylation sites (N-methyl/N-ethyl adjacent to an activating group) is 1. The summed E-state index contributed by atoms with van der Waals surface area (Å²) < 4.78 is 25.9. The van der Waals surface area contributed by atoms with Crippen LogP contribution in [0.4, 0.5) is 0 Å². The van der Waals surface area contributed by atoms with E-state index < -0.39 is 90.0 Å². The highest BCUT2D eigenvalue weighted by Crippen LogP contribution is 2.38. The molecule has 1 aromatic rings. The summed E-state index contributed by atoms with van der Waals surface area (Å²) in [6, 6.07) is -1.35. The fourth-order valence-electron chi connectivity index (χ4n) is 7.87. The minimum absolute atomic E-state index is 0.0713. The van der Waals surface area contributed by atoms with Crippen LogP contribution in [-0.2, 0) is 39.8 Å². The number of ether oxygens (including phenoxy) is 4. The Morgan fingerprint density at radius 1 is 1.14 bits per heavy atom. The summed E-state index contributed by atoms with van der Waals surface area (Å²) in [6.45, 7) is 14.1. The molecule has 1 aromatic heterocycles. The maximum atomic E-state index is 14.1. The molecule has 288 valence electrons. The maximum absolute atomic E-state index is 14.1. The number of nitrogens with zero attached hydrogens (tertiary/aromatic N) is 5. The van der Waals surface area contributed by atoms with Crippen LogP contribution in [0, 0.1) is 29.6 Å². The number of carbonyl (C=O) groups is 3. The third kappa shape index (κ3) is 10.0. The second-order valence-electron chi connectivity index (χ2n) is 14.8.